The molecule has 0 saturated heterocycles. The van der Waals surface area contributed by atoms with E-state index in [2.05, 4.69) is 16.2 Å². The summed E-state index contributed by atoms with van der Waals surface area (Å²) in [5.41, 5.74) is 5.39. The van der Waals surface area contributed by atoms with Crippen LogP contribution < -0.4 is 16.2 Å². The molecule has 1 saturated carbocycles. The molecule has 6 nitrogen and oxygen atoms in total. The zero-order chi connectivity index (χ0) is 25.8. The van der Waals surface area contributed by atoms with E-state index in [0.717, 1.165) is 18.9 Å². The molecule has 35 heavy (non-hydrogen) atoms. The van der Waals surface area contributed by atoms with Crippen LogP contribution in [0, 0.1) is 12.8 Å². The number of carbonyl (C=O) groups is 3. The molecule has 3 rings (SSSR count). The van der Waals surface area contributed by atoms with Gasteiger partial charge in [0.2, 0.25) is 5.91 Å². The third-order valence-electron chi connectivity index (χ3n) is 5.37. The maximum absolute atomic E-state index is 13.8. The van der Waals surface area contributed by atoms with E-state index in [4.69, 9.17) is 23.2 Å². The number of hydrogen-bond acceptors (Lipinski definition) is 3. The Balaban J connectivity index is 1.70. The number of halogens is 5. The van der Waals surface area contributed by atoms with Crippen LogP contribution in [-0.4, -0.2) is 30.4 Å². The largest absolute Gasteiger partial charge is 0.399 e. The van der Waals surface area contributed by atoms with Crippen molar-refractivity contribution in [2.45, 2.75) is 31.9 Å². The number of alkyl halides is 3. The van der Waals surface area contributed by atoms with E-state index in [9.17, 15) is 27.6 Å². The van der Waals surface area contributed by atoms with Crippen molar-refractivity contribution >= 4 is 47.0 Å². The van der Waals surface area contributed by atoms with Gasteiger partial charge in [0, 0.05) is 21.5 Å². The van der Waals surface area contributed by atoms with Crippen molar-refractivity contribution in [1.82, 2.24) is 16.2 Å². The average molecular weight is 528 g/mol. The first-order valence-corrected chi connectivity index (χ1v) is 11.4. The minimum Gasteiger partial charge on any atom is -0.343 e. The first kappa shape index (κ1) is 26.6. The van der Waals surface area contributed by atoms with E-state index >= 15 is 0 Å². The molecule has 1 atom stereocenters. The summed E-state index contributed by atoms with van der Waals surface area (Å²) < 4.78 is 41.3. The molecule has 3 amide bonds. The van der Waals surface area contributed by atoms with E-state index in [1.165, 1.54) is 36.4 Å². The fourth-order valence-corrected chi connectivity index (χ4v) is 3.87. The second-order valence-electron chi connectivity index (χ2n) is 8.10. The van der Waals surface area contributed by atoms with E-state index in [-0.39, 0.29) is 33.0 Å². The summed E-state index contributed by atoms with van der Waals surface area (Å²) in [4.78, 5) is 36.0. The van der Waals surface area contributed by atoms with Gasteiger partial charge in [-0.05, 0) is 60.7 Å². The third-order valence-corrected chi connectivity index (χ3v) is 5.80. The number of rotatable bonds is 7. The van der Waals surface area contributed by atoms with Crippen LogP contribution in [0.15, 0.2) is 42.5 Å². The lowest BCUT2D eigenvalue weighted by Gasteiger charge is -2.18. The molecular formula is C24H22Cl2F3N3O3. The van der Waals surface area contributed by atoms with Gasteiger partial charge in [0.15, 0.2) is 0 Å². The monoisotopic (exact) mass is 527 g/mol. The first-order valence-electron chi connectivity index (χ1n) is 10.6. The number of carbonyl (C=O) groups excluding carboxylic acids is 3. The Morgan fingerprint density at radius 2 is 1.74 bits per heavy atom. The highest BCUT2D eigenvalue weighted by molar-refractivity contribution is 6.34. The Morgan fingerprint density at radius 3 is 2.34 bits per heavy atom. The van der Waals surface area contributed by atoms with Crippen LogP contribution in [0.25, 0.3) is 6.08 Å². The predicted molar refractivity (Wildman–Crippen MR) is 127 cm³/mol. The fourth-order valence-electron chi connectivity index (χ4n) is 3.32. The second-order valence-corrected chi connectivity index (χ2v) is 8.97. The van der Waals surface area contributed by atoms with E-state index in [1.807, 2.05) is 0 Å². The molecule has 2 aromatic carbocycles. The van der Waals surface area contributed by atoms with Gasteiger partial charge >= 0.3 is 6.18 Å². The van der Waals surface area contributed by atoms with Crippen molar-refractivity contribution in [1.29, 1.82) is 0 Å². The number of hydrogen-bond donors (Lipinski definition) is 3. The molecule has 0 radical (unpaired) electrons. The van der Waals surface area contributed by atoms with Crippen LogP contribution in [0.3, 0.4) is 0 Å². The molecule has 186 valence electrons. The molecule has 1 aliphatic carbocycles. The number of amides is 3. The topological polar surface area (TPSA) is 87.3 Å². The summed E-state index contributed by atoms with van der Waals surface area (Å²) >= 11 is 11.8. The lowest BCUT2D eigenvalue weighted by atomic mass is 9.95. The molecule has 2 aromatic rings. The molecule has 11 heteroatoms. The van der Waals surface area contributed by atoms with Crippen LogP contribution in [0.2, 0.25) is 10.0 Å². The van der Waals surface area contributed by atoms with Gasteiger partial charge in [-0.3, -0.25) is 25.2 Å². The van der Waals surface area contributed by atoms with Crippen LogP contribution in [-0.2, 0) is 9.59 Å². The highest BCUT2D eigenvalue weighted by Gasteiger charge is 2.39. The summed E-state index contributed by atoms with van der Waals surface area (Å²) in [7, 11) is 0. The van der Waals surface area contributed by atoms with Crippen molar-refractivity contribution in [2.24, 2.45) is 5.92 Å². The molecule has 3 N–H and O–H groups in total. The van der Waals surface area contributed by atoms with Gasteiger partial charge in [-0.1, -0.05) is 47.5 Å². The molecule has 0 aliphatic heterocycles. The van der Waals surface area contributed by atoms with Crippen LogP contribution in [0.1, 0.15) is 45.8 Å². The lowest BCUT2D eigenvalue weighted by molar-refractivity contribution is -0.139. The van der Waals surface area contributed by atoms with Crippen LogP contribution in [0.4, 0.5) is 13.2 Å². The molecule has 0 aromatic heterocycles. The smallest absolute Gasteiger partial charge is 0.343 e. The normalized spacial score (nSPS) is 14.5. The third kappa shape index (κ3) is 7.47. The van der Waals surface area contributed by atoms with Gasteiger partial charge < -0.3 is 5.32 Å². The van der Waals surface area contributed by atoms with Gasteiger partial charge in [0.25, 0.3) is 11.8 Å². The summed E-state index contributed by atoms with van der Waals surface area (Å²) in [6.07, 6.45) is -0.797. The summed E-state index contributed by atoms with van der Waals surface area (Å²) in [5.74, 6) is -3.54. The highest BCUT2D eigenvalue weighted by Crippen LogP contribution is 2.38. The number of allylic oxidation sites excluding steroid dienone is 1. The Bertz CT molecular complexity index is 1140. The zero-order valence-corrected chi connectivity index (χ0v) is 20.0. The maximum atomic E-state index is 13.8. The summed E-state index contributed by atoms with van der Waals surface area (Å²) in [6, 6.07) is 8.33. The molecule has 1 unspecified atom stereocenters. The minimum atomic E-state index is -4.60. The van der Waals surface area contributed by atoms with Crippen molar-refractivity contribution in [3.63, 3.8) is 0 Å². The fraction of sp³-hybridized carbons (Fsp3) is 0.292. The summed E-state index contributed by atoms with van der Waals surface area (Å²) in [6.45, 7) is 1.19. The zero-order valence-electron chi connectivity index (χ0n) is 18.5. The van der Waals surface area contributed by atoms with Gasteiger partial charge in [0.1, 0.15) is 0 Å². The van der Waals surface area contributed by atoms with E-state index < -0.39 is 30.5 Å². The van der Waals surface area contributed by atoms with Gasteiger partial charge in [-0.2, -0.15) is 13.2 Å². The number of hydrazine groups is 1. The lowest BCUT2D eigenvalue weighted by Crippen LogP contribution is -2.46. The first-order chi connectivity index (χ1) is 16.5. The Hall–Kier alpha value is -3.04. The maximum Gasteiger partial charge on any atom is 0.399 e. The molecule has 0 spiro atoms. The second kappa shape index (κ2) is 11.1. The minimum absolute atomic E-state index is 0.0844. The summed E-state index contributed by atoms with van der Waals surface area (Å²) in [5, 5.41) is 2.60. The molecule has 0 bridgehead atoms. The SMILES string of the molecule is Cc1c(/C=C/C(c2cc(Cl)cc(Cl)c2)C(F)(F)F)cccc1C(=O)NCC(=O)NNC(=O)C1CC1. The Morgan fingerprint density at radius 1 is 1.09 bits per heavy atom. The van der Waals surface area contributed by atoms with Crippen LogP contribution in [0.5, 0.6) is 0 Å². The van der Waals surface area contributed by atoms with E-state index in [0.29, 0.717) is 11.1 Å². The highest BCUT2D eigenvalue weighted by atomic mass is 35.5. The Kier molecular flexibility index (Phi) is 8.45. The van der Waals surface area contributed by atoms with Crippen LogP contribution >= 0.6 is 23.2 Å². The van der Waals surface area contributed by atoms with Crippen molar-refractivity contribution in [2.75, 3.05) is 6.54 Å². The van der Waals surface area contributed by atoms with Gasteiger partial charge in [-0.25, -0.2) is 0 Å². The number of benzene rings is 2. The van der Waals surface area contributed by atoms with Crippen molar-refractivity contribution in [3.8, 4) is 0 Å². The van der Waals surface area contributed by atoms with Gasteiger partial charge in [-0.15, -0.1) is 0 Å². The standard InChI is InChI=1S/C24H22Cl2F3N3O3/c1-13-14(7-8-20(24(27,28)29)16-9-17(25)11-18(26)10-16)3-2-4-19(13)23(35)30-12-21(33)31-32-22(34)15-5-6-15/h2-4,7-11,15,20H,5-6,12H2,1H3,(H,30,35)(H,31,33)(H,32,34)/b8-7+. The van der Waals surface area contributed by atoms with Gasteiger partial charge in [0.05, 0.1) is 12.5 Å². The van der Waals surface area contributed by atoms with Crippen molar-refractivity contribution < 1.29 is 27.6 Å². The Labute approximate surface area is 209 Å². The quantitative estimate of drug-likeness (QED) is 0.445. The predicted octanol–water partition coefficient (Wildman–Crippen LogP) is 4.95. The molecule has 0 heterocycles. The number of nitrogens with one attached hydrogen (secondary N) is 3. The molecule has 1 aliphatic rings. The molecule has 1 fully saturated rings. The van der Waals surface area contributed by atoms with Crippen molar-refractivity contribution in [3.05, 3.63) is 74.8 Å². The molecular weight excluding hydrogens is 506 g/mol. The average Bonchev–Trinajstić information content (AvgIpc) is 3.61. The van der Waals surface area contributed by atoms with E-state index in [1.54, 1.807) is 13.0 Å².